The van der Waals surface area contributed by atoms with Crippen molar-refractivity contribution in [1.29, 1.82) is 0 Å². The normalized spacial score (nSPS) is 12.2. The first-order chi connectivity index (χ1) is 14.3. The molecule has 3 aromatic rings. The van der Waals surface area contributed by atoms with Crippen molar-refractivity contribution in [3.63, 3.8) is 0 Å². The third kappa shape index (κ3) is 6.06. The van der Waals surface area contributed by atoms with Crippen molar-refractivity contribution in [2.75, 3.05) is 0 Å². The van der Waals surface area contributed by atoms with Gasteiger partial charge in [-0.25, -0.2) is 0 Å². The molecule has 3 heteroatoms. The number of aryl methyl sites for hydroxylation is 1. The third-order valence-corrected chi connectivity index (χ3v) is 6.16. The molecule has 0 aliphatic carbocycles. The SMILES string of the molecule is CCc1ccc2[cH-]c(C(C)CC)cc2c1-c1cc(C(C)C)cc(C(C)C)c1.[Cl][Zr][Cl]. The summed E-state index contributed by atoms with van der Waals surface area (Å²) in [6, 6.07) is 16.8. The molecular weight excluding hydrogens is 486 g/mol. The van der Waals surface area contributed by atoms with Crippen LogP contribution in [-0.2, 0) is 27.3 Å². The van der Waals surface area contributed by atoms with Crippen molar-refractivity contribution in [3.8, 4) is 11.1 Å². The molecule has 162 valence electrons. The summed E-state index contributed by atoms with van der Waals surface area (Å²) in [6.45, 7) is 16.1. The summed E-state index contributed by atoms with van der Waals surface area (Å²) in [6.07, 6.45) is 2.25. The molecule has 0 aromatic heterocycles. The van der Waals surface area contributed by atoms with Crippen LogP contribution < -0.4 is 0 Å². The van der Waals surface area contributed by atoms with Crippen molar-refractivity contribution in [2.24, 2.45) is 0 Å². The molecular formula is C27H35Cl2Zr-. The summed E-state index contributed by atoms with van der Waals surface area (Å²) in [5.41, 5.74) is 8.68. The molecule has 0 radical (unpaired) electrons. The van der Waals surface area contributed by atoms with Gasteiger partial charge in [0.2, 0.25) is 0 Å². The van der Waals surface area contributed by atoms with Gasteiger partial charge in [-0.15, -0.1) is 34.5 Å². The molecule has 0 saturated carbocycles. The Kier molecular flexibility index (Phi) is 10.3. The minimum absolute atomic E-state index is 0.544. The van der Waals surface area contributed by atoms with E-state index in [0.717, 1.165) is 6.42 Å². The van der Waals surface area contributed by atoms with Crippen LogP contribution in [0.4, 0.5) is 0 Å². The molecule has 0 aliphatic heterocycles. The molecule has 0 heterocycles. The van der Waals surface area contributed by atoms with Crippen LogP contribution in [0, 0.1) is 0 Å². The summed E-state index contributed by atoms with van der Waals surface area (Å²) >= 11 is -0.826. The Labute approximate surface area is 202 Å². The van der Waals surface area contributed by atoms with E-state index in [0.29, 0.717) is 17.8 Å². The van der Waals surface area contributed by atoms with E-state index in [-0.39, 0.29) is 0 Å². The molecule has 0 bridgehead atoms. The second-order valence-corrected chi connectivity index (χ2v) is 12.6. The Morgan fingerprint density at radius 3 is 1.90 bits per heavy atom. The molecule has 0 fully saturated rings. The van der Waals surface area contributed by atoms with Crippen LogP contribution in [0.15, 0.2) is 42.5 Å². The van der Waals surface area contributed by atoms with E-state index >= 15 is 0 Å². The molecule has 0 amide bonds. The minimum atomic E-state index is -0.826. The maximum absolute atomic E-state index is 4.93. The van der Waals surface area contributed by atoms with E-state index in [2.05, 4.69) is 90.9 Å². The van der Waals surface area contributed by atoms with Crippen LogP contribution in [0.2, 0.25) is 0 Å². The molecule has 3 rings (SSSR count). The van der Waals surface area contributed by atoms with Crippen LogP contribution in [0.5, 0.6) is 0 Å². The number of halogens is 2. The summed E-state index contributed by atoms with van der Waals surface area (Å²) in [4.78, 5) is 0. The Bertz CT molecular complexity index is 927. The molecule has 0 N–H and O–H groups in total. The molecule has 30 heavy (non-hydrogen) atoms. The quantitative estimate of drug-likeness (QED) is 0.283. The van der Waals surface area contributed by atoms with Gasteiger partial charge in [-0.1, -0.05) is 84.2 Å². The zero-order valence-corrected chi connectivity index (χ0v) is 23.4. The second-order valence-electron chi connectivity index (χ2n) is 8.82. The number of rotatable bonds is 6. The first kappa shape index (κ1) is 25.8. The van der Waals surface area contributed by atoms with Gasteiger partial charge in [-0.2, -0.15) is 6.07 Å². The van der Waals surface area contributed by atoms with E-state index in [1.807, 2.05) is 0 Å². The summed E-state index contributed by atoms with van der Waals surface area (Å²) in [7, 11) is 9.87. The average Bonchev–Trinajstić information content (AvgIpc) is 3.16. The Hall–Kier alpha value is -0.487. The number of hydrogen-bond donors (Lipinski definition) is 0. The Morgan fingerprint density at radius 2 is 1.43 bits per heavy atom. The van der Waals surface area contributed by atoms with Gasteiger partial charge in [0.05, 0.1) is 0 Å². The number of fused-ring (bicyclic) bond motifs is 1. The second kappa shape index (κ2) is 11.9. The zero-order valence-electron chi connectivity index (χ0n) is 19.4. The molecule has 0 saturated heterocycles. The van der Waals surface area contributed by atoms with Crippen LogP contribution in [-0.4, -0.2) is 0 Å². The Morgan fingerprint density at radius 1 is 0.867 bits per heavy atom. The fraction of sp³-hybridized carbons (Fsp3) is 0.444. The number of hydrogen-bond acceptors (Lipinski definition) is 0. The van der Waals surface area contributed by atoms with Crippen LogP contribution >= 0.6 is 17.0 Å². The van der Waals surface area contributed by atoms with Gasteiger partial charge in [-0.05, 0) is 40.9 Å². The molecule has 3 aromatic carbocycles. The summed E-state index contributed by atoms with van der Waals surface area (Å²) in [5.74, 6) is 1.70. The van der Waals surface area contributed by atoms with Crippen molar-refractivity contribution in [1.82, 2.24) is 0 Å². The van der Waals surface area contributed by atoms with Crippen LogP contribution in [0.1, 0.15) is 94.9 Å². The Balaban J connectivity index is 0.00000101. The maximum atomic E-state index is 4.93. The molecule has 0 aliphatic rings. The van der Waals surface area contributed by atoms with E-state index in [1.54, 1.807) is 0 Å². The summed E-state index contributed by atoms with van der Waals surface area (Å²) < 4.78 is 0. The van der Waals surface area contributed by atoms with Crippen LogP contribution in [0.3, 0.4) is 0 Å². The van der Waals surface area contributed by atoms with Gasteiger partial charge in [0, 0.05) is 0 Å². The number of benzene rings is 2. The first-order valence-electron chi connectivity index (χ1n) is 11.1. The molecule has 0 nitrogen and oxygen atoms in total. The first-order valence-corrected chi connectivity index (χ1v) is 17.4. The van der Waals surface area contributed by atoms with E-state index < -0.39 is 20.8 Å². The monoisotopic (exact) mass is 519 g/mol. The van der Waals surface area contributed by atoms with Crippen molar-refractivity contribution in [3.05, 3.63) is 64.7 Å². The molecule has 0 spiro atoms. The van der Waals surface area contributed by atoms with Gasteiger partial charge in [0.1, 0.15) is 0 Å². The average molecular weight is 522 g/mol. The van der Waals surface area contributed by atoms with E-state index in [1.165, 1.54) is 50.6 Å². The van der Waals surface area contributed by atoms with Crippen molar-refractivity contribution >= 4 is 27.8 Å². The standard InChI is InChI=1S/C27H35.2ClH.Zr/c1-8-19(7)24-12-21-11-10-20(9-2)27(26(21)16-24)25-14-22(17(3)4)13-23(15-25)18(5)6;;;/h10-19H,8-9H2,1-7H3;2*1H;/q-1;;;+2/p-2. The van der Waals surface area contributed by atoms with Gasteiger partial charge in [0.25, 0.3) is 0 Å². The van der Waals surface area contributed by atoms with Gasteiger partial charge in [-0.3, -0.25) is 0 Å². The van der Waals surface area contributed by atoms with Gasteiger partial charge >= 0.3 is 37.9 Å². The van der Waals surface area contributed by atoms with E-state index in [4.69, 9.17) is 17.0 Å². The van der Waals surface area contributed by atoms with Crippen molar-refractivity contribution in [2.45, 2.75) is 79.1 Å². The topological polar surface area (TPSA) is 0 Å². The van der Waals surface area contributed by atoms with Gasteiger partial charge in [0.15, 0.2) is 0 Å². The molecule has 1 unspecified atom stereocenters. The summed E-state index contributed by atoms with van der Waals surface area (Å²) in [5, 5.41) is 2.82. The van der Waals surface area contributed by atoms with Crippen molar-refractivity contribution < 1.29 is 20.8 Å². The molecule has 1 atom stereocenters. The fourth-order valence-corrected chi connectivity index (χ4v) is 3.99. The predicted octanol–water partition coefficient (Wildman–Crippen LogP) is 9.92. The zero-order chi connectivity index (χ0) is 22.4. The third-order valence-electron chi connectivity index (χ3n) is 6.16. The van der Waals surface area contributed by atoms with E-state index in [9.17, 15) is 0 Å². The van der Waals surface area contributed by atoms with Gasteiger partial charge < -0.3 is 0 Å². The fourth-order valence-electron chi connectivity index (χ4n) is 3.99. The predicted molar refractivity (Wildman–Crippen MR) is 133 cm³/mol. The van der Waals surface area contributed by atoms with Crippen LogP contribution in [0.25, 0.3) is 21.9 Å².